The average Bonchev–Trinajstić information content (AvgIpc) is 3.24. The maximum atomic E-state index is 4.42. The second-order valence-electron chi connectivity index (χ2n) is 6.96. The topological polar surface area (TPSA) is 62.7 Å². The largest absolute Gasteiger partial charge is 0.351 e. The summed E-state index contributed by atoms with van der Waals surface area (Å²) in [5, 5.41) is 6.57. The molecule has 1 aliphatic carbocycles. The number of aryl methyl sites for hydroxylation is 1. The Kier molecular flexibility index (Phi) is 3.72. The van der Waals surface area contributed by atoms with Crippen LogP contribution in [0.15, 0.2) is 24.5 Å². The van der Waals surface area contributed by atoms with Gasteiger partial charge in [-0.05, 0) is 42.4 Å². The molecule has 0 amide bonds. The molecule has 5 nitrogen and oxygen atoms in total. The van der Waals surface area contributed by atoms with E-state index in [4.69, 9.17) is 0 Å². The van der Waals surface area contributed by atoms with Crippen LogP contribution >= 0.6 is 0 Å². The van der Waals surface area contributed by atoms with Gasteiger partial charge in [-0.25, -0.2) is 9.97 Å². The molecule has 0 unspecified atom stereocenters. The van der Waals surface area contributed by atoms with E-state index in [-0.39, 0.29) is 5.41 Å². The minimum absolute atomic E-state index is 0.151. The second kappa shape index (κ2) is 5.55. The van der Waals surface area contributed by atoms with Crippen molar-refractivity contribution < 1.29 is 0 Å². The Bertz CT molecular complexity index is 671. The van der Waals surface area contributed by atoms with Crippen molar-refractivity contribution in [2.24, 2.45) is 0 Å². The van der Waals surface area contributed by atoms with Gasteiger partial charge in [0.05, 0.1) is 0 Å². The summed E-state index contributed by atoms with van der Waals surface area (Å²) < 4.78 is 0. The molecule has 1 heterocycles. The third kappa shape index (κ3) is 3.53. The van der Waals surface area contributed by atoms with Gasteiger partial charge in [-0.2, -0.15) is 4.98 Å². The van der Waals surface area contributed by atoms with Crippen LogP contribution < -0.4 is 10.6 Å². The van der Waals surface area contributed by atoms with Crippen molar-refractivity contribution in [3.63, 3.8) is 0 Å². The SMILES string of the molecule is Cc1cc(C(C)(C)C)ccc1Nc1ncnc(NC2CC2)n1. The Morgan fingerprint density at radius 1 is 1.09 bits per heavy atom. The van der Waals surface area contributed by atoms with Gasteiger partial charge >= 0.3 is 0 Å². The van der Waals surface area contributed by atoms with Gasteiger partial charge in [0.25, 0.3) is 0 Å². The Labute approximate surface area is 131 Å². The van der Waals surface area contributed by atoms with Gasteiger partial charge < -0.3 is 10.6 Å². The molecule has 0 atom stereocenters. The maximum Gasteiger partial charge on any atom is 0.232 e. The summed E-state index contributed by atoms with van der Waals surface area (Å²) in [6.07, 6.45) is 3.93. The molecule has 1 aromatic heterocycles. The van der Waals surface area contributed by atoms with E-state index >= 15 is 0 Å². The van der Waals surface area contributed by atoms with Crippen molar-refractivity contribution in [3.05, 3.63) is 35.7 Å². The highest BCUT2D eigenvalue weighted by Gasteiger charge is 2.22. The number of nitrogens with one attached hydrogen (secondary N) is 2. The molecule has 3 rings (SSSR count). The summed E-state index contributed by atoms with van der Waals surface area (Å²) in [7, 11) is 0. The van der Waals surface area contributed by atoms with Crippen molar-refractivity contribution >= 4 is 17.6 Å². The Hall–Kier alpha value is -2.17. The first-order valence-electron chi connectivity index (χ1n) is 7.75. The van der Waals surface area contributed by atoms with Crippen molar-refractivity contribution in [3.8, 4) is 0 Å². The van der Waals surface area contributed by atoms with Crippen LogP contribution in [-0.2, 0) is 5.41 Å². The Morgan fingerprint density at radius 2 is 1.82 bits per heavy atom. The molecule has 1 saturated carbocycles. The van der Waals surface area contributed by atoms with Crippen molar-refractivity contribution in [2.75, 3.05) is 10.6 Å². The number of benzene rings is 1. The molecule has 0 aliphatic heterocycles. The van der Waals surface area contributed by atoms with Crippen molar-refractivity contribution in [2.45, 2.75) is 52.0 Å². The summed E-state index contributed by atoms with van der Waals surface area (Å²) in [5.41, 5.74) is 3.68. The first-order chi connectivity index (χ1) is 10.4. The van der Waals surface area contributed by atoms with E-state index in [9.17, 15) is 0 Å². The molecule has 2 aromatic rings. The van der Waals surface area contributed by atoms with Gasteiger partial charge in [0.1, 0.15) is 6.33 Å². The highest BCUT2D eigenvalue weighted by atomic mass is 15.2. The fourth-order valence-electron chi connectivity index (χ4n) is 2.23. The fourth-order valence-corrected chi connectivity index (χ4v) is 2.23. The van der Waals surface area contributed by atoms with Crippen LogP contribution in [0.25, 0.3) is 0 Å². The molecular formula is C17H23N5. The lowest BCUT2D eigenvalue weighted by Crippen LogP contribution is -2.12. The van der Waals surface area contributed by atoms with E-state index in [1.165, 1.54) is 24.0 Å². The smallest absolute Gasteiger partial charge is 0.232 e. The van der Waals surface area contributed by atoms with Crippen LogP contribution in [0.3, 0.4) is 0 Å². The van der Waals surface area contributed by atoms with Crippen LogP contribution in [0.5, 0.6) is 0 Å². The van der Waals surface area contributed by atoms with E-state index < -0.39 is 0 Å². The molecule has 0 spiro atoms. The molecule has 5 heteroatoms. The first kappa shape index (κ1) is 14.8. The lowest BCUT2D eigenvalue weighted by atomic mass is 9.86. The Morgan fingerprint density at radius 3 is 2.45 bits per heavy atom. The second-order valence-corrected chi connectivity index (χ2v) is 6.96. The molecular weight excluding hydrogens is 274 g/mol. The highest BCUT2D eigenvalue weighted by molar-refractivity contribution is 5.59. The van der Waals surface area contributed by atoms with E-state index in [2.05, 4.69) is 71.5 Å². The standard InChI is InChI=1S/C17H23N5/c1-11-9-12(17(2,3)4)5-8-14(11)21-16-19-10-18-15(22-16)20-13-6-7-13/h5,8-10,13H,6-7H2,1-4H3,(H2,18,19,20,21,22). The third-order valence-corrected chi connectivity index (χ3v) is 3.82. The summed E-state index contributed by atoms with van der Waals surface area (Å²) in [6, 6.07) is 6.99. The third-order valence-electron chi connectivity index (χ3n) is 3.82. The van der Waals surface area contributed by atoms with Crippen LogP contribution in [-0.4, -0.2) is 21.0 Å². The number of aromatic nitrogens is 3. The van der Waals surface area contributed by atoms with Gasteiger partial charge in [-0.3, -0.25) is 0 Å². The van der Waals surface area contributed by atoms with Crippen molar-refractivity contribution in [1.82, 2.24) is 15.0 Å². The summed E-state index contributed by atoms with van der Waals surface area (Å²) in [5.74, 6) is 1.22. The van der Waals surface area contributed by atoms with E-state index in [1.807, 2.05) is 0 Å². The molecule has 0 bridgehead atoms. The van der Waals surface area contributed by atoms with Crippen LogP contribution in [0.4, 0.5) is 17.6 Å². The van der Waals surface area contributed by atoms with Crippen LogP contribution in [0.1, 0.15) is 44.7 Å². The number of nitrogens with zero attached hydrogens (tertiary/aromatic N) is 3. The molecule has 1 fully saturated rings. The monoisotopic (exact) mass is 297 g/mol. The van der Waals surface area contributed by atoms with Gasteiger partial charge in [0, 0.05) is 11.7 Å². The summed E-state index contributed by atoms with van der Waals surface area (Å²) in [4.78, 5) is 12.8. The van der Waals surface area contributed by atoms with Gasteiger partial charge in [-0.15, -0.1) is 0 Å². The average molecular weight is 297 g/mol. The number of rotatable bonds is 4. The maximum absolute atomic E-state index is 4.42. The first-order valence-corrected chi connectivity index (χ1v) is 7.75. The minimum atomic E-state index is 0.151. The van der Waals surface area contributed by atoms with Gasteiger partial charge in [-0.1, -0.05) is 32.9 Å². The van der Waals surface area contributed by atoms with Gasteiger partial charge in [0.15, 0.2) is 0 Å². The van der Waals surface area contributed by atoms with Crippen molar-refractivity contribution in [1.29, 1.82) is 0 Å². The number of hydrogen-bond acceptors (Lipinski definition) is 5. The molecule has 1 aliphatic rings. The summed E-state index contributed by atoms with van der Waals surface area (Å²) >= 11 is 0. The van der Waals surface area contributed by atoms with Gasteiger partial charge in [0.2, 0.25) is 11.9 Å². The molecule has 0 radical (unpaired) electrons. The van der Waals surface area contributed by atoms with E-state index in [1.54, 1.807) is 6.33 Å². The van der Waals surface area contributed by atoms with E-state index in [0.717, 1.165) is 5.69 Å². The Balaban J connectivity index is 1.77. The predicted molar refractivity (Wildman–Crippen MR) is 89.6 cm³/mol. The molecule has 1 aromatic carbocycles. The zero-order valence-corrected chi connectivity index (χ0v) is 13.6. The fraction of sp³-hybridized carbons (Fsp3) is 0.471. The quantitative estimate of drug-likeness (QED) is 0.899. The molecule has 22 heavy (non-hydrogen) atoms. The van der Waals surface area contributed by atoms with Crippen LogP contribution in [0, 0.1) is 6.92 Å². The highest BCUT2D eigenvalue weighted by Crippen LogP contribution is 2.27. The molecule has 116 valence electrons. The summed E-state index contributed by atoms with van der Waals surface area (Å²) in [6.45, 7) is 8.76. The number of anilines is 3. The molecule has 0 saturated heterocycles. The lowest BCUT2D eigenvalue weighted by Gasteiger charge is -2.20. The lowest BCUT2D eigenvalue weighted by molar-refractivity contribution is 0.590. The predicted octanol–water partition coefficient (Wildman–Crippen LogP) is 3.80. The molecule has 2 N–H and O–H groups in total. The minimum Gasteiger partial charge on any atom is -0.351 e. The van der Waals surface area contributed by atoms with E-state index in [0.29, 0.717) is 17.9 Å². The zero-order valence-electron chi connectivity index (χ0n) is 13.6. The number of hydrogen-bond donors (Lipinski definition) is 2. The normalized spacial score (nSPS) is 14.7. The van der Waals surface area contributed by atoms with Crippen LogP contribution in [0.2, 0.25) is 0 Å². The zero-order chi connectivity index (χ0) is 15.7.